The zero-order chi connectivity index (χ0) is 12.1. The Hall–Kier alpha value is -0.580. The highest BCUT2D eigenvalue weighted by atomic mass is 79.9. The highest BCUT2D eigenvalue weighted by molar-refractivity contribution is 9.10. The number of benzene rings is 1. The second-order valence-electron chi connectivity index (χ2n) is 4.34. The van der Waals surface area contributed by atoms with Gasteiger partial charge in [0.15, 0.2) is 0 Å². The second kappa shape index (κ2) is 6.38. The Balaban J connectivity index is 2.05. The average Bonchev–Trinajstić information content (AvgIpc) is 2.60. The highest BCUT2D eigenvalue weighted by Crippen LogP contribution is 2.23. The van der Waals surface area contributed by atoms with Crippen molar-refractivity contribution in [3.63, 3.8) is 0 Å². The Morgan fingerprint density at radius 1 is 1.35 bits per heavy atom. The predicted octanol–water partition coefficient (Wildman–Crippen LogP) is 2.25. The van der Waals surface area contributed by atoms with E-state index < -0.39 is 0 Å². The molecule has 94 valence electrons. The Labute approximate surface area is 111 Å². The minimum atomic E-state index is 0.927. The highest BCUT2D eigenvalue weighted by Gasteiger charge is 2.11. The normalized spacial score (nSPS) is 17.8. The Morgan fingerprint density at radius 3 is 3.06 bits per heavy atom. The van der Waals surface area contributed by atoms with Gasteiger partial charge >= 0.3 is 0 Å². The molecule has 0 bridgehead atoms. The largest absolute Gasteiger partial charge is 0.497 e. The zero-order valence-corrected chi connectivity index (χ0v) is 11.8. The maximum atomic E-state index is 5.27. The predicted molar refractivity (Wildman–Crippen MR) is 73.5 cm³/mol. The van der Waals surface area contributed by atoms with E-state index in [-0.39, 0.29) is 0 Å². The monoisotopic (exact) mass is 298 g/mol. The first-order chi connectivity index (χ1) is 8.29. The quantitative estimate of drug-likeness (QED) is 0.926. The van der Waals surface area contributed by atoms with E-state index >= 15 is 0 Å². The standard InChI is InChI=1S/C13H19BrN2O/c1-17-12-3-4-13(14)11(9-12)10-16-7-2-5-15-6-8-16/h3-4,9,15H,2,5-8,10H2,1H3. The molecular weight excluding hydrogens is 280 g/mol. The van der Waals surface area contributed by atoms with E-state index in [9.17, 15) is 0 Å². The summed E-state index contributed by atoms with van der Waals surface area (Å²) in [6.07, 6.45) is 1.22. The molecule has 0 amide bonds. The van der Waals surface area contributed by atoms with E-state index in [0.717, 1.165) is 42.9 Å². The number of hydrogen-bond donors (Lipinski definition) is 1. The number of methoxy groups -OCH3 is 1. The van der Waals surface area contributed by atoms with E-state index in [1.807, 2.05) is 6.07 Å². The van der Waals surface area contributed by atoms with Crippen molar-refractivity contribution in [3.05, 3.63) is 28.2 Å². The van der Waals surface area contributed by atoms with Gasteiger partial charge in [-0.3, -0.25) is 4.90 Å². The van der Waals surface area contributed by atoms with Crippen LogP contribution < -0.4 is 10.1 Å². The van der Waals surface area contributed by atoms with E-state index in [4.69, 9.17) is 4.74 Å². The Kier molecular flexibility index (Phi) is 4.83. The number of ether oxygens (including phenoxy) is 1. The van der Waals surface area contributed by atoms with Crippen molar-refractivity contribution in [1.82, 2.24) is 10.2 Å². The number of nitrogens with zero attached hydrogens (tertiary/aromatic N) is 1. The van der Waals surface area contributed by atoms with Crippen LogP contribution >= 0.6 is 15.9 Å². The van der Waals surface area contributed by atoms with Crippen LogP contribution in [0, 0.1) is 0 Å². The molecule has 1 aliphatic heterocycles. The van der Waals surface area contributed by atoms with E-state index in [1.54, 1.807) is 7.11 Å². The molecule has 0 aromatic heterocycles. The molecule has 1 heterocycles. The summed E-state index contributed by atoms with van der Waals surface area (Å²) < 4.78 is 6.43. The van der Waals surface area contributed by atoms with Gasteiger partial charge in [-0.2, -0.15) is 0 Å². The molecule has 0 unspecified atom stereocenters. The van der Waals surface area contributed by atoms with Crippen molar-refractivity contribution >= 4 is 15.9 Å². The summed E-state index contributed by atoms with van der Waals surface area (Å²) >= 11 is 3.61. The lowest BCUT2D eigenvalue weighted by Crippen LogP contribution is -2.27. The number of hydrogen-bond acceptors (Lipinski definition) is 3. The van der Waals surface area contributed by atoms with Gasteiger partial charge in [-0.25, -0.2) is 0 Å². The lowest BCUT2D eigenvalue weighted by Gasteiger charge is -2.20. The molecule has 4 heteroatoms. The molecule has 0 radical (unpaired) electrons. The Bertz CT molecular complexity index is 362. The summed E-state index contributed by atoms with van der Waals surface area (Å²) in [6, 6.07) is 6.16. The van der Waals surface area contributed by atoms with Gasteiger partial charge in [0.2, 0.25) is 0 Å². The summed E-state index contributed by atoms with van der Waals surface area (Å²) in [4.78, 5) is 2.49. The van der Waals surface area contributed by atoms with Crippen LogP contribution in [-0.2, 0) is 6.54 Å². The topological polar surface area (TPSA) is 24.5 Å². The average molecular weight is 299 g/mol. The zero-order valence-electron chi connectivity index (χ0n) is 10.2. The smallest absolute Gasteiger partial charge is 0.119 e. The molecule has 1 aromatic carbocycles. The summed E-state index contributed by atoms with van der Waals surface area (Å²) in [5, 5.41) is 3.42. The van der Waals surface area contributed by atoms with Gasteiger partial charge in [0, 0.05) is 24.1 Å². The third-order valence-corrected chi connectivity index (χ3v) is 3.85. The van der Waals surface area contributed by atoms with Crippen molar-refractivity contribution in [2.45, 2.75) is 13.0 Å². The molecule has 1 aromatic rings. The molecule has 0 aliphatic carbocycles. The third kappa shape index (κ3) is 3.69. The van der Waals surface area contributed by atoms with Crippen LogP contribution in [0.3, 0.4) is 0 Å². The summed E-state index contributed by atoms with van der Waals surface area (Å²) in [5.74, 6) is 0.927. The van der Waals surface area contributed by atoms with Gasteiger partial charge in [-0.05, 0) is 43.3 Å². The Morgan fingerprint density at radius 2 is 2.24 bits per heavy atom. The molecule has 0 saturated carbocycles. The van der Waals surface area contributed by atoms with Crippen LogP contribution in [-0.4, -0.2) is 38.2 Å². The lowest BCUT2D eigenvalue weighted by atomic mass is 10.2. The molecule has 1 saturated heterocycles. The van der Waals surface area contributed by atoms with Gasteiger partial charge in [0.05, 0.1) is 7.11 Å². The third-order valence-electron chi connectivity index (χ3n) is 3.08. The molecule has 1 fully saturated rings. The molecule has 1 aliphatic rings. The SMILES string of the molecule is COc1ccc(Br)c(CN2CCCNCC2)c1. The van der Waals surface area contributed by atoms with Gasteiger partial charge < -0.3 is 10.1 Å². The van der Waals surface area contributed by atoms with E-state index in [2.05, 4.69) is 38.3 Å². The van der Waals surface area contributed by atoms with Crippen LogP contribution in [0.2, 0.25) is 0 Å². The van der Waals surface area contributed by atoms with Crippen molar-refractivity contribution in [3.8, 4) is 5.75 Å². The minimum Gasteiger partial charge on any atom is -0.497 e. The van der Waals surface area contributed by atoms with Crippen molar-refractivity contribution in [2.75, 3.05) is 33.3 Å². The van der Waals surface area contributed by atoms with Crippen LogP contribution in [0.1, 0.15) is 12.0 Å². The van der Waals surface area contributed by atoms with Gasteiger partial charge in [0.25, 0.3) is 0 Å². The molecule has 3 nitrogen and oxygen atoms in total. The summed E-state index contributed by atoms with van der Waals surface area (Å²) in [5.41, 5.74) is 1.30. The number of halogens is 1. The first-order valence-corrected chi connectivity index (χ1v) is 6.84. The van der Waals surface area contributed by atoms with Crippen molar-refractivity contribution in [2.24, 2.45) is 0 Å². The first kappa shape index (κ1) is 12.9. The molecule has 1 N–H and O–H groups in total. The number of rotatable bonds is 3. The molecular formula is C13H19BrN2O. The van der Waals surface area contributed by atoms with E-state index in [0.29, 0.717) is 0 Å². The lowest BCUT2D eigenvalue weighted by molar-refractivity contribution is 0.283. The van der Waals surface area contributed by atoms with Crippen LogP contribution in [0.15, 0.2) is 22.7 Å². The molecule has 0 atom stereocenters. The minimum absolute atomic E-state index is 0.927. The first-order valence-electron chi connectivity index (χ1n) is 6.05. The fourth-order valence-corrected chi connectivity index (χ4v) is 2.47. The molecule has 2 rings (SSSR count). The van der Waals surface area contributed by atoms with Crippen molar-refractivity contribution in [1.29, 1.82) is 0 Å². The molecule has 17 heavy (non-hydrogen) atoms. The van der Waals surface area contributed by atoms with Crippen LogP contribution in [0.4, 0.5) is 0 Å². The summed E-state index contributed by atoms with van der Waals surface area (Å²) in [6.45, 7) is 5.48. The van der Waals surface area contributed by atoms with Crippen molar-refractivity contribution < 1.29 is 4.74 Å². The van der Waals surface area contributed by atoms with Gasteiger partial charge in [-0.15, -0.1) is 0 Å². The molecule has 0 spiro atoms. The van der Waals surface area contributed by atoms with Crippen LogP contribution in [0.25, 0.3) is 0 Å². The van der Waals surface area contributed by atoms with Crippen LogP contribution in [0.5, 0.6) is 5.75 Å². The summed E-state index contributed by atoms with van der Waals surface area (Å²) in [7, 11) is 1.71. The maximum Gasteiger partial charge on any atom is 0.119 e. The van der Waals surface area contributed by atoms with E-state index in [1.165, 1.54) is 12.0 Å². The fourth-order valence-electron chi connectivity index (χ4n) is 2.10. The van der Waals surface area contributed by atoms with Gasteiger partial charge in [-0.1, -0.05) is 15.9 Å². The fraction of sp³-hybridized carbons (Fsp3) is 0.538. The second-order valence-corrected chi connectivity index (χ2v) is 5.19. The maximum absolute atomic E-state index is 5.27. The van der Waals surface area contributed by atoms with Gasteiger partial charge in [0.1, 0.15) is 5.75 Å². The number of nitrogens with one attached hydrogen (secondary N) is 1.